The summed E-state index contributed by atoms with van der Waals surface area (Å²) in [6.45, 7) is 6.94. The van der Waals surface area contributed by atoms with Crippen molar-refractivity contribution in [3.63, 3.8) is 0 Å². The number of rotatable bonds is 3. The van der Waals surface area contributed by atoms with Gasteiger partial charge in [-0.3, -0.25) is 9.59 Å². The monoisotopic (exact) mass is 351 g/mol. The van der Waals surface area contributed by atoms with Crippen LogP contribution in [0.15, 0.2) is 24.3 Å². The number of anilines is 1. The first-order valence-electron chi connectivity index (χ1n) is 9.31. The van der Waals surface area contributed by atoms with Gasteiger partial charge in [0, 0.05) is 43.1 Å². The maximum atomic E-state index is 13.1. The van der Waals surface area contributed by atoms with Crippen molar-refractivity contribution in [3.05, 3.63) is 52.3 Å². The number of aryl methyl sites for hydroxylation is 1. The summed E-state index contributed by atoms with van der Waals surface area (Å²) in [4.78, 5) is 26.5. The topological polar surface area (TPSA) is 54.3 Å². The van der Waals surface area contributed by atoms with Gasteiger partial charge in [0.2, 0.25) is 5.91 Å². The van der Waals surface area contributed by atoms with Crippen LogP contribution in [0.4, 0.5) is 5.69 Å². The summed E-state index contributed by atoms with van der Waals surface area (Å²) in [6.07, 6.45) is 3.19. The lowest BCUT2D eigenvalue weighted by atomic mass is 9.97. The Labute approximate surface area is 154 Å². The molecule has 0 saturated heterocycles. The molecule has 1 aromatic heterocycles. The summed E-state index contributed by atoms with van der Waals surface area (Å²) in [6, 6.07) is 8.55. The number of amides is 2. The molecule has 0 unspecified atom stereocenters. The van der Waals surface area contributed by atoms with Crippen LogP contribution in [0, 0.1) is 13.8 Å². The highest BCUT2D eigenvalue weighted by atomic mass is 16.2. The largest absolute Gasteiger partial charge is 0.345 e. The van der Waals surface area contributed by atoms with Gasteiger partial charge in [0.15, 0.2) is 0 Å². The zero-order valence-electron chi connectivity index (χ0n) is 15.6. The van der Waals surface area contributed by atoms with Gasteiger partial charge in [-0.1, -0.05) is 12.1 Å². The highest BCUT2D eigenvalue weighted by molar-refractivity contribution is 5.96. The van der Waals surface area contributed by atoms with Gasteiger partial charge < -0.3 is 14.8 Å². The SMILES string of the molecule is CC(=O)Nc1cccc2c1CCN(C(=O)c1cc(C)n(C3CC3)c1C)C2. The predicted molar refractivity (Wildman–Crippen MR) is 101 cm³/mol. The Balaban J connectivity index is 1.58. The molecule has 1 N–H and O–H groups in total. The van der Waals surface area contributed by atoms with Crippen LogP contribution in [0.25, 0.3) is 0 Å². The number of aromatic nitrogens is 1. The minimum absolute atomic E-state index is 0.0654. The van der Waals surface area contributed by atoms with Gasteiger partial charge in [-0.25, -0.2) is 0 Å². The van der Waals surface area contributed by atoms with Gasteiger partial charge in [0.1, 0.15) is 0 Å². The van der Waals surface area contributed by atoms with Crippen LogP contribution >= 0.6 is 0 Å². The molecule has 4 rings (SSSR count). The van der Waals surface area contributed by atoms with Crippen molar-refractivity contribution < 1.29 is 9.59 Å². The van der Waals surface area contributed by atoms with E-state index in [9.17, 15) is 9.59 Å². The Kier molecular flexibility index (Phi) is 4.10. The van der Waals surface area contributed by atoms with Crippen molar-refractivity contribution in [3.8, 4) is 0 Å². The number of benzene rings is 1. The third-order valence-corrected chi connectivity index (χ3v) is 5.49. The van der Waals surface area contributed by atoms with Crippen LogP contribution in [0.5, 0.6) is 0 Å². The Morgan fingerprint density at radius 1 is 1.19 bits per heavy atom. The smallest absolute Gasteiger partial charge is 0.255 e. The lowest BCUT2D eigenvalue weighted by Crippen LogP contribution is -2.36. The summed E-state index contributed by atoms with van der Waals surface area (Å²) < 4.78 is 2.32. The Morgan fingerprint density at radius 3 is 2.65 bits per heavy atom. The third-order valence-electron chi connectivity index (χ3n) is 5.49. The van der Waals surface area contributed by atoms with E-state index >= 15 is 0 Å². The molecular weight excluding hydrogens is 326 g/mol. The summed E-state index contributed by atoms with van der Waals surface area (Å²) in [5, 5.41) is 2.90. The van der Waals surface area contributed by atoms with E-state index in [1.165, 1.54) is 25.5 Å². The van der Waals surface area contributed by atoms with E-state index < -0.39 is 0 Å². The van der Waals surface area contributed by atoms with E-state index in [1.807, 2.05) is 29.2 Å². The first-order valence-corrected chi connectivity index (χ1v) is 9.31. The van der Waals surface area contributed by atoms with E-state index in [-0.39, 0.29) is 11.8 Å². The summed E-state index contributed by atoms with van der Waals surface area (Å²) in [7, 11) is 0. The minimum atomic E-state index is -0.0654. The van der Waals surface area contributed by atoms with Crippen LogP contribution in [0.2, 0.25) is 0 Å². The lowest BCUT2D eigenvalue weighted by Gasteiger charge is -2.30. The number of carbonyl (C=O) groups excluding carboxylic acids is 2. The second-order valence-corrected chi connectivity index (χ2v) is 7.49. The van der Waals surface area contributed by atoms with E-state index in [0.717, 1.165) is 34.5 Å². The second-order valence-electron chi connectivity index (χ2n) is 7.49. The van der Waals surface area contributed by atoms with Crippen LogP contribution in [0.1, 0.15) is 58.7 Å². The number of hydrogen-bond donors (Lipinski definition) is 1. The average molecular weight is 351 g/mol. The van der Waals surface area contributed by atoms with Gasteiger partial charge in [-0.05, 0) is 56.4 Å². The molecular formula is C21H25N3O2. The van der Waals surface area contributed by atoms with Gasteiger partial charge >= 0.3 is 0 Å². The average Bonchev–Trinajstić information content (AvgIpc) is 3.39. The quantitative estimate of drug-likeness (QED) is 0.919. The van der Waals surface area contributed by atoms with Crippen molar-refractivity contribution in [1.82, 2.24) is 9.47 Å². The molecule has 5 nitrogen and oxygen atoms in total. The number of fused-ring (bicyclic) bond motifs is 1. The molecule has 0 bridgehead atoms. The lowest BCUT2D eigenvalue weighted by molar-refractivity contribution is -0.114. The third kappa shape index (κ3) is 2.91. The molecule has 0 atom stereocenters. The molecule has 1 aliphatic carbocycles. The van der Waals surface area contributed by atoms with E-state index in [2.05, 4.69) is 23.7 Å². The molecule has 2 amide bonds. The molecule has 1 aromatic carbocycles. The second kappa shape index (κ2) is 6.31. The normalized spacial score (nSPS) is 16.3. The fourth-order valence-electron chi connectivity index (χ4n) is 4.15. The van der Waals surface area contributed by atoms with Crippen molar-refractivity contribution in [2.45, 2.75) is 52.6 Å². The molecule has 1 aliphatic heterocycles. The van der Waals surface area contributed by atoms with E-state index in [1.54, 1.807) is 0 Å². The summed E-state index contributed by atoms with van der Waals surface area (Å²) >= 11 is 0. The standard InChI is InChI=1S/C21H25N3O2/c1-13-11-19(14(2)24(13)17-7-8-17)21(26)23-10-9-18-16(12-23)5-4-6-20(18)22-15(3)25/h4-6,11,17H,7-10,12H2,1-3H3,(H,22,25). The maximum Gasteiger partial charge on any atom is 0.255 e. The van der Waals surface area contributed by atoms with Gasteiger partial charge in [0.25, 0.3) is 5.91 Å². The van der Waals surface area contributed by atoms with Crippen LogP contribution in [-0.2, 0) is 17.8 Å². The molecule has 2 aliphatic rings. The fraction of sp³-hybridized carbons (Fsp3) is 0.429. The fourth-order valence-corrected chi connectivity index (χ4v) is 4.15. The Morgan fingerprint density at radius 2 is 1.96 bits per heavy atom. The predicted octanol–water partition coefficient (Wildman–Crippen LogP) is 3.60. The number of carbonyl (C=O) groups is 2. The van der Waals surface area contributed by atoms with Gasteiger partial charge in [-0.2, -0.15) is 0 Å². The molecule has 0 spiro atoms. The molecule has 26 heavy (non-hydrogen) atoms. The Hall–Kier alpha value is -2.56. The minimum Gasteiger partial charge on any atom is -0.345 e. The number of hydrogen-bond acceptors (Lipinski definition) is 2. The summed E-state index contributed by atoms with van der Waals surface area (Å²) in [5.41, 5.74) is 6.23. The van der Waals surface area contributed by atoms with Crippen LogP contribution < -0.4 is 5.32 Å². The molecule has 0 radical (unpaired) electrons. The maximum absolute atomic E-state index is 13.1. The zero-order valence-corrected chi connectivity index (χ0v) is 15.6. The van der Waals surface area contributed by atoms with Gasteiger partial charge in [0.05, 0.1) is 5.56 Å². The van der Waals surface area contributed by atoms with Crippen LogP contribution in [-0.4, -0.2) is 27.8 Å². The first kappa shape index (κ1) is 16.9. The van der Waals surface area contributed by atoms with E-state index in [4.69, 9.17) is 0 Å². The highest BCUT2D eigenvalue weighted by Crippen LogP contribution is 2.38. The number of nitrogens with zero attached hydrogens (tertiary/aromatic N) is 2. The van der Waals surface area contributed by atoms with Crippen molar-refractivity contribution in [1.29, 1.82) is 0 Å². The number of nitrogens with one attached hydrogen (secondary N) is 1. The highest BCUT2D eigenvalue weighted by Gasteiger charge is 2.30. The van der Waals surface area contributed by atoms with E-state index in [0.29, 0.717) is 19.1 Å². The molecule has 2 aromatic rings. The molecule has 1 fully saturated rings. The molecule has 5 heteroatoms. The molecule has 136 valence electrons. The van der Waals surface area contributed by atoms with Crippen molar-refractivity contribution >= 4 is 17.5 Å². The van der Waals surface area contributed by atoms with Crippen molar-refractivity contribution in [2.75, 3.05) is 11.9 Å². The Bertz CT molecular complexity index is 893. The van der Waals surface area contributed by atoms with Crippen LogP contribution in [0.3, 0.4) is 0 Å². The zero-order chi connectivity index (χ0) is 18.4. The summed E-state index contributed by atoms with van der Waals surface area (Å²) in [5.74, 6) is 0.0463. The van der Waals surface area contributed by atoms with Gasteiger partial charge in [-0.15, -0.1) is 0 Å². The molecule has 2 heterocycles. The first-order chi connectivity index (χ1) is 12.5. The molecule has 1 saturated carbocycles. The van der Waals surface area contributed by atoms with Crippen molar-refractivity contribution in [2.24, 2.45) is 0 Å².